The highest BCUT2D eigenvalue weighted by Crippen LogP contribution is 2.32. The van der Waals surface area contributed by atoms with Gasteiger partial charge < -0.3 is 19.3 Å². The number of sulfonamides is 1. The predicted molar refractivity (Wildman–Crippen MR) is 121 cm³/mol. The van der Waals surface area contributed by atoms with Crippen LogP contribution in [0.3, 0.4) is 0 Å². The van der Waals surface area contributed by atoms with Crippen LogP contribution in [-0.2, 0) is 14.8 Å². The topological polar surface area (TPSA) is 124 Å². The first-order valence-electron chi connectivity index (χ1n) is 11.1. The van der Waals surface area contributed by atoms with Gasteiger partial charge in [0.2, 0.25) is 21.8 Å². The number of ether oxygens (including phenoxy) is 2. The molecule has 0 radical (unpaired) electrons. The Bertz CT molecular complexity index is 1050. The molecule has 1 aliphatic heterocycles. The minimum Gasteiger partial charge on any atom is -0.497 e. The molecule has 2 aromatic rings. The number of carbonyl (C=O) groups excluding carboxylic acids is 1. The van der Waals surface area contributed by atoms with Crippen molar-refractivity contribution in [2.45, 2.75) is 56.3 Å². The van der Waals surface area contributed by atoms with Gasteiger partial charge in [-0.15, -0.1) is 0 Å². The number of hydrogen-bond acceptors (Lipinski definition) is 8. The fourth-order valence-electron chi connectivity index (χ4n) is 3.73. The van der Waals surface area contributed by atoms with E-state index in [0.717, 1.165) is 0 Å². The minimum absolute atomic E-state index is 0.00894. The van der Waals surface area contributed by atoms with Gasteiger partial charge in [0.25, 0.3) is 0 Å². The maximum Gasteiger partial charge on any atom is 0.246 e. The molecule has 1 N–H and O–H groups in total. The van der Waals surface area contributed by atoms with Crippen LogP contribution in [0.1, 0.15) is 63.1 Å². The Morgan fingerprint density at radius 2 is 1.97 bits per heavy atom. The van der Waals surface area contributed by atoms with Crippen LogP contribution in [0.25, 0.3) is 0 Å². The Labute approximate surface area is 194 Å². The molecule has 1 aromatic carbocycles. The summed E-state index contributed by atoms with van der Waals surface area (Å²) in [6, 6.07) is 4.63. The normalized spacial score (nSPS) is 19.1. The molecule has 1 aromatic heterocycles. The van der Waals surface area contributed by atoms with Crippen molar-refractivity contribution in [1.82, 2.24) is 19.8 Å². The van der Waals surface area contributed by atoms with Gasteiger partial charge >= 0.3 is 0 Å². The highest BCUT2D eigenvalue weighted by atomic mass is 32.2. The van der Waals surface area contributed by atoms with Crippen molar-refractivity contribution in [3.63, 3.8) is 0 Å². The van der Waals surface area contributed by atoms with E-state index in [-0.39, 0.29) is 47.9 Å². The molecular weight excluding hydrogens is 448 g/mol. The number of nitrogens with one attached hydrogen (secondary N) is 1. The van der Waals surface area contributed by atoms with Crippen molar-refractivity contribution in [3.05, 3.63) is 29.9 Å². The number of hydrogen-bond donors (Lipinski definition) is 1. The molecule has 0 bridgehead atoms. The number of carbonyl (C=O) groups is 1. The molecule has 1 amide bonds. The van der Waals surface area contributed by atoms with Gasteiger partial charge in [-0.3, -0.25) is 4.79 Å². The summed E-state index contributed by atoms with van der Waals surface area (Å²) >= 11 is 0. The highest BCUT2D eigenvalue weighted by Gasteiger charge is 2.30. The van der Waals surface area contributed by atoms with Crippen LogP contribution in [0, 0.1) is 0 Å². The summed E-state index contributed by atoms with van der Waals surface area (Å²) in [6.07, 6.45) is 1.93. The Kier molecular flexibility index (Phi) is 8.30. The first kappa shape index (κ1) is 25.0. The van der Waals surface area contributed by atoms with Crippen molar-refractivity contribution in [3.8, 4) is 11.5 Å². The largest absolute Gasteiger partial charge is 0.497 e. The van der Waals surface area contributed by atoms with Gasteiger partial charge in [0.15, 0.2) is 5.82 Å². The minimum atomic E-state index is -3.93. The van der Waals surface area contributed by atoms with Crippen LogP contribution in [0.2, 0.25) is 0 Å². The summed E-state index contributed by atoms with van der Waals surface area (Å²) in [4.78, 5) is 16.9. The van der Waals surface area contributed by atoms with Crippen molar-refractivity contribution in [1.29, 1.82) is 0 Å². The molecule has 0 aliphatic carbocycles. The van der Waals surface area contributed by atoms with Crippen molar-refractivity contribution in [2.24, 2.45) is 0 Å². The summed E-state index contributed by atoms with van der Waals surface area (Å²) in [5, 5.41) is 6.91. The molecule has 10 nitrogen and oxygen atoms in total. The fourth-order valence-corrected chi connectivity index (χ4v) is 5.38. The van der Waals surface area contributed by atoms with Gasteiger partial charge in [0, 0.05) is 44.0 Å². The first-order chi connectivity index (χ1) is 15.8. The smallest absolute Gasteiger partial charge is 0.246 e. The lowest BCUT2D eigenvalue weighted by molar-refractivity contribution is -0.121. The zero-order chi connectivity index (χ0) is 24.0. The van der Waals surface area contributed by atoms with Crippen LogP contribution in [-0.4, -0.2) is 62.6 Å². The number of rotatable bonds is 6. The van der Waals surface area contributed by atoms with Gasteiger partial charge in [-0.1, -0.05) is 19.0 Å². The second-order valence-electron chi connectivity index (χ2n) is 8.29. The van der Waals surface area contributed by atoms with Gasteiger partial charge in [0.1, 0.15) is 16.4 Å². The van der Waals surface area contributed by atoms with E-state index >= 15 is 0 Å². The SMILES string of the molecule is COc1ccc(OC)c(S(=O)(=O)N2CCCC(c3nc(C(C)C)no3)CCNC(=O)CC2)c1. The van der Waals surface area contributed by atoms with E-state index in [2.05, 4.69) is 15.5 Å². The third kappa shape index (κ3) is 6.02. The van der Waals surface area contributed by atoms with E-state index in [1.54, 1.807) is 12.1 Å². The highest BCUT2D eigenvalue weighted by molar-refractivity contribution is 7.89. The average Bonchev–Trinajstić information content (AvgIpc) is 3.28. The molecule has 1 aliphatic rings. The van der Waals surface area contributed by atoms with Crippen LogP contribution in [0.5, 0.6) is 11.5 Å². The van der Waals surface area contributed by atoms with E-state index < -0.39 is 10.0 Å². The van der Waals surface area contributed by atoms with Gasteiger partial charge in [0.05, 0.1) is 14.2 Å². The van der Waals surface area contributed by atoms with E-state index in [1.165, 1.54) is 24.6 Å². The third-order valence-corrected chi connectivity index (χ3v) is 7.59. The number of aromatic nitrogens is 2. The predicted octanol–water partition coefficient (Wildman–Crippen LogP) is 2.67. The van der Waals surface area contributed by atoms with Crippen molar-refractivity contribution < 1.29 is 27.2 Å². The molecule has 1 unspecified atom stereocenters. The zero-order valence-corrected chi connectivity index (χ0v) is 20.4. The molecule has 33 heavy (non-hydrogen) atoms. The quantitative estimate of drug-likeness (QED) is 0.669. The molecule has 3 rings (SSSR count). The maximum atomic E-state index is 13.5. The molecule has 2 heterocycles. The number of nitrogens with zero attached hydrogens (tertiary/aromatic N) is 3. The van der Waals surface area contributed by atoms with Crippen LogP contribution < -0.4 is 14.8 Å². The molecule has 0 spiro atoms. The lowest BCUT2D eigenvalue weighted by Crippen LogP contribution is -2.36. The summed E-state index contributed by atoms with van der Waals surface area (Å²) in [7, 11) is -1.04. The Morgan fingerprint density at radius 3 is 2.64 bits per heavy atom. The van der Waals surface area contributed by atoms with Crippen LogP contribution in [0.15, 0.2) is 27.6 Å². The first-order valence-corrected chi connectivity index (χ1v) is 12.5. The molecule has 182 valence electrons. The summed E-state index contributed by atoms with van der Waals surface area (Å²) in [5.74, 6) is 1.65. The Balaban J connectivity index is 1.85. The molecule has 1 fully saturated rings. The molecule has 11 heteroatoms. The second-order valence-corrected chi connectivity index (χ2v) is 10.2. The molecule has 0 saturated carbocycles. The summed E-state index contributed by atoms with van der Waals surface area (Å²) in [5.41, 5.74) is 0. The molecule has 1 atom stereocenters. The van der Waals surface area contributed by atoms with Gasteiger partial charge in [-0.2, -0.15) is 9.29 Å². The van der Waals surface area contributed by atoms with Crippen molar-refractivity contribution >= 4 is 15.9 Å². The Morgan fingerprint density at radius 1 is 1.18 bits per heavy atom. The van der Waals surface area contributed by atoms with Crippen LogP contribution in [0.4, 0.5) is 0 Å². The molecule has 1 saturated heterocycles. The second kappa shape index (κ2) is 11.0. The summed E-state index contributed by atoms with van der Waals surface area (Å²) < 4.78 is 44.4. The number of methoxy groups -OCH3 is 2. The Hall–Kier alpha value is -2.66. The van der Waals surface area contributed by atoms with E-state index in [9.17, 15) is 13.2 Å². The van der Waals surface area contributed by atoms with Gasteiger partial charge in [-0.05, 0) is 31.4 Å². The fraction of sp³-hybridized carbons (Fsp3) is 0.591. The van der Waals surface area contributed by atoms with E-state index in [4.69, 9.17) is 14.0 Å². The van der Waals surface area contributed by atoms with E-state index in [1.807, 2.05) is 13.8 Å². The molecular formula is C22H32N4O6S. The monoisotopic (exact) mass is 480 g/mol. The zero-order valence-electron chi connectivity index (χ0n) is 19.5. The van der Waals surface area contributed by atoms with E-state index in [0.29, 0.717) is 43.3 Å². The lowest BCUT2D eigenvalue weighted by atomic mass is 9.99. The average molecular weight is 481 g/mol. The third-order valence-electron chi connectivity index (χ3n) is 5.68. The standard InChI is InChI=1S/C22H32N4O6S/c1-15(2)21-24-22(32-25-21)16-6-5-12-26(13-10-20(27)23-11-9-16)33(28,29)19-14-17(30-3)7-8-18(19)31-4/h7-8,14-16H,5-6,9-13H2,1-4H3,(H,23,27). The number of amides is 1. The van der Waals surface area contributed by atoms with Crippen molar-refractivity contribution in [2.75, 3.05) is 33.9 Å². The summed E-state index contributed by atoms with van der Waals surface area (Å²) in [6.45, 7) is 4.75. The maximum absolute atomic E-state index is 13.5. The lowest BCUT2D eigenvalue weighted by Gasteiger charge is -2.23. The van der Waals surface area contributed by atoms with Crippen LogP contribution >= 0.6 is 0 Å². The number of benzene rings is 1. The van der Waals surface area contributed by atoms with Gasteiger partial charge in [-0.25, -0.2) is 8.42 Å².